The summed E-state index contributed by atoms with van der Waals surface area (Å²) in [6.07, 6.45) is 1.99. The normalized spacial score (nSPS) is 9.53. The predicted octanol–water partition coefficient (Wildman–Crippen LogP) is 1.08. The molecule has 0 N–H and O–H groups in total. The highest BCUT2D eigenvalue weighted by Gasteiger charge is 2.11. The van der Waals surface area contributed by atoms with Gasteiger partial charge in [0.1, 0.15) is 17.9 Å². The molecule has 6 nitrogen and oxygen atoms in total. The zero-order chi connectivity index (χ0) is 12.3. The second-order valence-corrected chi connectivity index (χ2v) is 3.22. The van der Waals surface area contributed by atoms with Gasteiger partial charge < -0.3 is 8.98 Å². The van der Waals surface area contributed by atoms with E-state index in [0.29, 0.717) is 12.0 Å². The lowest BCUT2D eigenvalue weighted by Gasteiger charge is -1.99. The van der Waals surface area contributed by atoms with Crippen LogP contribution in [0.3, 0.4) is 0 Å². The fourth-order valence-corrected chi connectivity index (χ4v) is 1.41. The molecule has 0 aromatic carbocycles. The van der Waals surface area contributed by atoms with Crippen LogP contribution in [0.2, 0.25) is 0 Å². The fraction of sp³-hybridized carbons (Fsp3) is 0.0909. The van der Waals surface area contributed by atoms with Crippen LogP contribution in [0.15, 0.2) is 22.9 Å². The molecule has 0 amide bonds. The Bertz CT molecular complexity index is 639. The Morgan fingerprint density at radius 2 is 2.24 bits per heavy atom. The van der Waals surface area contributed by atoms with Gasteiger partial charge in [-0.15, -0.1) is 0 Å². The molecule has 0 saturated heterocycles. The lowest BCUT2D eigenvalue weighted by molar-refractivity contribution is 0.109. The number of carbonyl (C=O) groups is 1. The minimum absolute atomic E-state index is 0.0784. The minimum atomic E-state index is 0.0784. The van der Waals surface area contributed by atoms with Gasteiger partial charge in [0.15, 0.2) is 23.4 Å². The van der Waals surface area contributed by atoms with Crippen LogP contribution in [-0.2, 0) is 6.54 Å². The third-order valence-corrected chi connectivity index (χ3v) is 2.17. The van der Waals surface area contributed by atoms with E-state index in [2.05, 4.69) is 4.98 Å². The topological polar surface area (TPSA) is 95.6 Å². The zero-order valence-corrected chi connectivity index (χ0v) is 8.62. The molecular weight excluding hydrogens is 220 g/mol. The Kier molecular flexibility index (Phi) is 2.71. The van der Waals surface area contributed by atoms with Crippen LogP contribution in [0.25, 0.3) is 0 Å². The Labute approximate surface area is 96.3 Å². The third kappa shape index (κ3) is 1.92. The van der Waals surface area contributed by atoms with Crippen molar-refractivity contribution in [3.63, 3.8) is 0 Å². The van der Waals surface area contributed by atoms with Crippen LogP contribution >= 0.6 is 0 Å². The summed E-state index contributed by atoms with van der Waals surface area (Å²) in [4.78, 5) is 14.2. The van der Waals surface area contributed by atoms with Gasteiger partial charge in [0.05, 0.1) is 12.9 Å². The van der Waals surface area contributed by atoms with E-state index >= 15 is 0 Å². The molecule has 0 aliphatic heterocycles. The van der Waals surface area contributed by atoms with Crippen molar-refractivity contribution < 1.29 is 9.21 Å². The van der Waals surface area contributed by atoms with Crippen LogP contribution in [0, 0.1) is 22.7 Å². The van der Waals surface area contributed by atoms with Gasteiger partial charge in [0.2, 0.25) is 0 Å². The van der Waals surface area contributed by atoms with Gasteiger partial charge in [-0.3, -0.25) is 4.79 Å². The summed E-state index contributed by atoms with van der Waals surface area (Å²) in [7, 11) is 0. The van der Waals surface area contributed by atoms with Crippen molar-refractivity contribution in [3.05, 3.63) is 41.4 Å². The number of nitriles is 2. The van der Waals surface area contributed by atoms with Crippen molar-refractivity contribution in [2.24, 2.45) is 0 Å². The summed E-state index contributed by atoms with van der Waals surface area (Å²) in [5.74, 6) is 0.740. The first kappa shape index (κ1) is 10.7. The summed E-state index contributed by atoms with van der Waals surface area (Å²) < 4.78 is 6.66. The van der Waals surface area contributed by atoms with Crippen LogP contribution in [0.4, 0.5) is 0 Å². The smallest absolute Gasteiger partial charge is 0.185 e. The largest absolute Gasteiger partial charge is 0.456 e. The first-order chi connectivity index (χ1) is 8.28. The average Bonchev–Trinajstić information content (AvgIpc) is 2.95. The first-order valence-corrected chi connectivity index (χ1v) is 4.67. The molecule has 0 bridgehead atoms. The Morgan fingerprint density at radius 1 is 1.41 bits per heavy atom. The molecule has 0 aliphatic rings. The molecule has 82 valence electrons. The van der Waals surface area contributed by atoms with Gasteiger partial charge in [-0.05, 0) is 12.1 Å². The van der Waals surface area contributed by atoms with Crippen molar-refractivity contribution >= 4 is 6.29 Å². The highest BCUT2D eigenvalue weighted by molar-refractivity contribution is 5.70. The van der Waals surface area contributed by atoms with Gasteiger partial charge in [-0.25, -0.2) is 4.98 Å². The molecule has 0 atom stereocenters. The fourth-order valence-electron chi connectivity index (χ4n) is 1.41. The molecule has 0 spiro atoms. The maximum atomic E-state index is 10.4. The lowest BCUT2D eigenvalue weighted by Crippen LogP contribution is -2.00. The summed E-state index contributed by atoms with van der Waals surface area (Å²) in [5, 5.41) is 17.6. The SMILES string of the molecule is N#Cc1ncn(Cc2ccc(C=O)o2)c1C#N. The van der Waals surface area contributed by atoms with Crippen molar-refractivity contribution in [2.45, 2.75) is 6.54 Å². The van der Waals surface area contributed by atoms with E-state index in [9.17, 15) is 4.79 Å². The maximum absolute atomic E-state index is 10.4. The van der Waals surface area contributed by atoms with Crippen molar-refractivity contribution in [2.75, 3.05) is 0 Å². The van der Waals surface area contributed by atoms with E-state index in [4.69, 9.17) is 14.9 Å². The number of imidazole rings is 1. The second-order valence-electron chi connectivity index (χ2n) is 3.22. The van der Waals surface area contributed by atoms with Crippen molar-refractivity contribution in [1.82, 2.24) is 9.55 Å². The van der Waals surface area contributed by atoms with Crippen LogP contribution in [0.5, 0.6) is 0 Å². The van der Waals surface area contributed by atoms with E-state index in [0.717, 1.165) is 0 Å². The number of hydrogen-bond acceptors (Lipinski definition) is 5. The summed E-state index contributed by atoms with van der Waals surface area (Å²) in [5.41, 5.74) is 0.256. The second kappa shape index (κ2) is 4.33. The molecule has 6 heteroatoms. The molecule has 2 aromatic rings. The Hall–Kier alpha value is -2.86. The Morgan fingerprint density at radius 3 is 2.82 bits per heavy atom. The van der Waals surface area contributed by atoms with Crippen LogP contribution < -0.4 is 0 Å². The van der Waals surface area contributed by atoms with Crippen molar-refractivity contribution in [1.29, 1.82) is 10.5 Å². The molecule has 17 heavy (non-hydrogen) atoms. The molecular formula is C11H6N4O2. The minimum Gasteiger partial charge on any atom is -0.456 e. The standard InChI is InChI=1S/C11H6N4O2/c12-3-10-11(4-13)15(7-14-10)5-8-1-2-9(6-16)17-8/h1-2,6-7H,5H2. The molecule has 0 radical (unpaired) electrons. The summed E-state index contributed by atoms with van der Waals surface area (Å²) >= 11 is 0. The maximum Gasteiger partial charge on any atom is 0.185 e. The van der Waals surface area contributed by atoms with Crippen molar-refractivity contribution in [3.8, 4) is 12.1 Å². The van der Waals surface area contributed by atoms with Gasteiger partial charge >= 0.3 is 0 Å². The zero-order valence-electron chi connectivity index (χ0n) is 8.62. The molecule has 2 heterocycles. The average molecular weight is 226 g/mol. The molecule has 0 unspecified atom stereocenters. The quantitative estimate of drug-likeness (QED) is 0.729. The monoisotopic (exact) mass is 226 g/mol. The van der Waals surface area contributed by atoms with Gasteiger partial charge in [0.25, 0.3) is 0 Å². The van der Waals surface area contributed by atoms with E-state index < -0.39 is 0 Å². The van der Waals surface area contributed by atoms with E-state index in [1.807, 2.05) is 12.1 Å². The van der Waals surface area contributed by atoms with Crippen LogP contribution in [0.1, 0.15) is 27.7 Å². The first-order valence-electron chi connectivity index (χ1n) is 4.67. The van der Waals surface area contributed by atoms with Gasteiger partial charge in [-0.2, -0.15) is 10.5 Å². The third-order valence-electron chi connectivity index (χ3n) is 2.17. The van der Waals surface area contributed by atoms with Gasteiger partial charge in [-0.1, -0.05) is 0 Å². The number of rotatable bonds is 3. The van der Waals surface area contributed by atoms with Gasteiger partial charge in [0, 0.05) is 0 Å². The van der Waals surface area contributed by atoms with E-state index in [-0.39, 0.29) is 23.7 Å². The highest BCUT2D eigenvalue weighted by Crippen LogP contribution is 2.11. The molecule has 2 rings (SSSR count). The van der Waals surface area contributed by atoms with E-state index in [1.54, 1.807) is 6.07 Å². The molecule has 0 aliphatic carbocycles. The van der Waals surface area contributed by atoms with Crippen LogP contribution in [-0.4, -0.2) is 15.8 Å². The summed E-state index contributed by atoms with van der Waals surface area (Å²) in [6.45, 7) is 0.255. The summed E-state index contributed by atoms with van der Waals surface area (Å²) in [6, 6.07) is 6.90. The predicted molar refractivity (Wildman–Crippen MR) is 54.9 cm³/mol. The molecule has 0 saturated carbocycles. The number of furan rings is 1. The number of aldehydes is 1. The number of aromatic nitrogens is 2. The number of carbonyl (C=O) groups excluding carboxylic acids is 1. The number of hydrogen-bond donors (Lipinski definition) is 0. The number of nitrogens with zero attached hydrogens (tertiary/aromatic N) is 4. The highest BCUT2D eigenvalue weighted by atomic mass is 16.3. The van der Waals surface area contributed by atoms with E-state index in [1.165, 1.54) is 17.0 Å². The Balaban J connectivity index is 2.31. The molecule has 0 fully saturated rings. The lowest BCUT2D eigenvalue weighted by atomic mass is 10.3. The molecule has 2 aromatic heterocycles.